The molecule has 2 nitrogen and oxygen atoms in total. The first-order valence-corrected chi connectivity index (χ1v) is 11.7. The maximum atomic E-state index is 12.0. The van der Waals surface area contributed by atoms with Crippen LogP contribution in [-0.4, -0.2) is 25.2 Å². The van der Waals surface area contributed by atoms with Crippen LogP contribution in [0.5, 0.6) is 0 Å². The normalized spacial score (nSPS) is 12.9. The van der Waals surface area contributed by atoms with E-state index in [0.717, 1.165) is 6.07 Å². The number of carbonyl (C=O) groups is 1. The van der Waals surface area contributed by atoms with Crippen molar-refractivity contribution in [3.05, 3.63) is 17.9 Å². The molecule has 0 unspecified atom stereocenters. The molecule has 0 amide bonds. The monoisotopic (exact) mass is 282 g/mol. The molecule has 0 N–H and O–H groups in total. The van der Waals surface area contributed by atoms with Crippen LogP contribution >= 0.6 is 0 Å². The van der Waals surface area contributed by atoms with Gasteiger partial charge in [0.15, 0.2) is 0 Å². The minimum absolute atomic E-state index is 0.544. The number of rotatable bonds is 2. The molecular formula is C9H11F3GeO2. The second-order valence-electron chi connectivity index (χ2n) is 4.24. The van der Waals surface area contributed by atoms with E-state index in [2.05, 4.69) is 0 Å². The Labute approximate surface area is 87.8 Å². The molecule has 15 heavy (non-hydrogen) atoms. The van der Waals surface area contributed by atoms with E-state index in [4.69, 9.17) is 4.42 Å². The van der Waals surface area contributed by atoms with E-state index in [1.54, 1.807) is 0 Å². The summed E-state index contributed by atoms with van der Waals surface area (Å²) in [4.78, 5) is 10.8. The summed E-state index contributed by atoms with van der Waals surface area (Å²) < 4.78 is 41.6. The summed E-state index contributed by atoms with van der Waals surface area (Å²) in [6.07, 6.45) is -4.86. The van der Waals surface area contributed by atoms with Crippen LogP contribution in [0.25, 0.3) is 0 Å². The molecule has 0 aromatic carbocycles. The Hall–Kier alpha value is -0.717. The van der Waals surface area contributed by atoms with Crippen molar-refractivity contribution in [1.29, 1.82) is 0 Å². The Morgan fingerprint density at radius 1 is 1.27 bits per heavy atom. The number of Topliss-reactive ketones (excluding diaryl/α,β-unsaturated/α-hetero) is 1. The first-order valence-electron chi connectivity index (χ1n) is 4.34. The van der Waals surface area contributed by atoms with Crippen LogP contribution in [0.4, 0.5) is 13.2 Å². The average Bonchev–Trinajstić information content (AvgIpc) is 2.47. The van der Waals surface area contributed by atoms with Gasteiger partial charge in [0.1, 0.15) is 0 Å². The topological polar surface area (TPSA) is 30.2 Å². The second kappa shape index (κ2) is 3.70. The molecule has 1 heterocycles. The van der Waals surface area contributed by atoms with Crippen molar-refractivity contribution < 1.29 is 22.4 Å². The maximum absolute atomic E-state index is 12.0. The van der Waals surface area contributed by atoms with Gasteiger partial charge in [0, 0.05) is 0 Å². The third-order valence-corrected chi connectivity index (χ3v) is 5.49. The van der Waals surface area contributed by atoms with Crippen LogP contribution in [0.3, 0.4) is 0 Å². The molecule has 0 saturated heterocycles. The number of halogens is 3. The fraction of sp³-hybridized carbons (Fsp3) is 0.444. The fourth-order valence-electron chi connectivity index (χ4n) is 1.00. The average molecular weight is 281 g/mol. The van der Waals surface area contributed by atoms with Crippen LogP contribution in [0, 0.1) is 0 Å². The second-order valence-corrected chi connectivity index (χ2v) is 14.7. The number of furan rings is 1. The van der Waals surface area contributed by atoms with E-state index in [1.807, 2.05) is 17.3 Å². The SMILES string of the molecule is [CH3][Ge]([CH3])([CH3])[c]1ccc(C(=O)C(F)(F)F)o1. The summed E-state index contributed by atoms with van der Waals surface area (Å²) in [5, 5.41) is 0. The van der Waals surface area contributed by atoms with Crippen molar-refractivity contribution in [2.24, 2.45) is 0 Å². The van der Waals surface area contributed by atoms with Crippen molar-refractivity contribution in [3.63, 3.8) is 0 Å². The Morgan fingerprint density at radius 3 is 2.13 bits per heavy atom. The number of carbonyl (C=O) groups excluding carboxylic acids is 1. The molecule has 84 valence electrons. The van der Waals surface area contributed by atoms with Crippen LogP contribution in [0.2, 0.25) is 17.3 Å². The molecule has 0 saturated carbocycles. The fourth-order valence-corrected chi connectivity index (χ4v) is 3.10. The quantitative estimate of drug-likeness (QED) is 0.616. The predicted octanol–water partition coefficient (Wildman–Crippen LogP) is 2.57. The Kier molecular flexibility index (Phi) is 3.04. The van der Waals surface area contributed by atoms with Gasteiger partial charge in [-0.1, -0.05) is 0 Å². The molecule has 0 aliphatic rings. The van der Waals surface area contributed by atoms with Crippen molar-refractivity contribution >= 4 is 23.6 Å². The van der Waals surface area contributed by atoms with Crippen LogP contribution in [0.1, 0.15) is 10.6 Å². The van der Waals surface area contributed by atoms with Gasteiger partial charge in [-0.15, -0.1) is 0 Å². The van der Waals surface area contributed by atoms with Crippen molar-refractivity contribution in [1.82, 2.24) is 0 Å². The van der Waals surface area contributed by atoms with Crippen LogP contribution in [0.15, 0.2) is 16.5 Å². The van der Waals surface area contributed by atoms with Gasteiger partial charge in [-0.05, 0) is 0 Å². The molecule has 1 rings (SSSR count). The molecule has 0 radical (unpaired) electrons. The Morgan fingerprint density at radius 2 is 1.80 bits per heavy atom. The van der Waals surface area contributed by atoms with E-state index in [9.17, 15) is 18.0 Å². The van der Waals surface area contributed by atoms with E-state index in [0.29, 0.717) is 4.59 Å². The first kappa shape index (κ1) is 12.4. The van der Waals surface area contributed by atoms with Crippen LogP contribution < -0.4 is 4.59 Å². The van der Waals surface area contributed by atoms with E-state index in [1.165, 1.54) is 6.07 Å². The summed E-state index contributed by atoms with van der Waals surface area (Å²) in [6.45, 7) is 0. The van der Waals surface area contributed by atoms with Gasteiger partial charge in [-0.2, -0.15) is 0 Å². The van der Waals surface area contributed by atoms with Crippen molar-refractivity contribution in [2.75, 3.05) is 0 Å². The molecule has 0 spiro atoms. The van der Waals surface area contributed by atoms with E-state index < -0.39 is 31.0 Å². The summed E-state index contributed by atoms with van der Waals surface area (Å²) >= 11 is -2.29. The molecule has 0 bridgehead atoms. The summed E-state index contributed by atoms with van der Waals surface area (Å²) in [7, 11) is 0. The number of hydrogen-bond donors (Lipinski definition) is 0. The third kappa shape index (κ3) is 2.87. The van der Waals surface area contributed by atoms with E-state index in [-0.39, 0.29) is 0 Å². The molecule has 0 aliphatic heterocycles. The van der Waals surface area contributed by atoms with Gasteiger partial charge in [-0.25, -0.2) is 0 Å². The van der Waals surface area contributed by atoms with Gasteiger partial charge in [-0.3, -0.25) is 0 Å². The van der Waals surface area contributed by atoms with Gasteiger partial charge >= 0.3 is 87.4 Å². The van der Waals surface area contributed by atoms with Gasteiger partial charge in [0.2, 0.25) is 0 Å². The minimum atomic E-state index is -4.86. The molecular weight excluding hydrogens is 270 g/mol. The zero-order chi connectivity index (χ0) is 11.9. The summed E-state index contributed by atoms with van der Waals surface area (Å²) in [5.41, 5.74) is 0. The Balaban J connectivity index is 3.01. The van der Waals surface area contributed by atoms with Gasteiger partial charge in [0.05, 0.1) is 0 Å². The van der Waals surface area contributed by atoms with Gasteiger partial charge < -0.3 is 0 Å². The number of hydrogen-bond acceptors (Lipinski definition) is 2. The zero-order valence-electron chi connectivity index (χ0n) is 8.61. The molecule has 1 aromatic heterocycles. The molecule has 0 aliphatic carbocycles. The zero-order valence-corrected chi connectivity index (χ0v) is 10.7. The van der Waals surface area contributed by atoms with Gasteiger partial charge in [0.25, 0.3) is 0 Å². The standard InChI is InChI=1S/C9H11F3GeO2/c1-13(2,3)7-5-4-6(15-7)8(14)9(10,11)12/h4-5H,1-3H3. The Bertz CT molecular complexity index is 373. The molecule has 0 atom stereocenters. The predicted molar refractivity (Wildman–Crippen MR) is 52.1 cm³/mol. The van der Waals surface area contributed by atoms with Crippen LogP contribution in [-0.2, 0) is 0 Å². The third-order valence-electron chi connectivity index (χ3n) is 1.83. The number of alkyl halides is 3. The number of ketones is 1. The molecule has 1 aromatic rings. The summed E-state index contributed by atoms with van der Waals surface area (Å²) in [5.74, 6) is 3.39. The molecule has 6 heteroatoms. The van der Waals surface area contributed by atoms with Crippen molar-refractivity contribution in [2.45, 2.75) is 23.4 Å². The molecule has 0 fully saturated rings. The van der Waals surface area contributed by atoms with Crippen molar-refractivity contribution in [3.8, 4) is 0 Å². The summed E-state index contributed by atoms with van der Waals surface area (Å²) in [6, 6.07) is 2.57. The van der Waals surface area contributed by atoms with E-state index >= 15 is 0 Å². The first-order chi connectivity index (χ1) is 6.62.